The van der Waals surface area contributed by atoms with Crippen LogP contribution >= 0.6 is 0 Å². The van der Waals surface area contributed by atoms with E-state index in [0.29, 0.717) is 0 Å². The summed E-state index contributed by atoms with van der Waals surface area (Å²) in [7, 11) is 0. The number of aryl methyl sites for hydroxylation is 1. The first-order chi connectivity index (χ1) is 9.19. The normalized spacial score (nSPS) is 12.2. The summed E-state index contributed by atoms with van der Waals surface area (Å²) in [5.41, 5.74) is 1.04. The molecule has 2 aromatic rings. The van der Waals surface area contributed by atoms with Gasteiger partial charge in [-0.1, -0.05) is 13.0 Å². The van der Waals surface area contributed by atoms with E-state index in [9.17, 15) is 0 Å². The Morgan fingerprint density at radius 3 is 2.79 bits per heavy atom. The smallest absolute Gasteiger partial charge is 0.126 e. The van der Waals surface area contributed by atoms with E-state index in [1.165, 1.54) is 0 Å². The molecule has 0 aliphatic rings. The van der Waals surface area contributed by atoms with Crippen LogP contribution in [-0.2, 0) is 0 Å². The molecule has 1 unspecified atom stereocenters. The van der Waals surface area contributed by atoms with E-state index in [2.05, 4.69) is 19.2 Å². The Labute approximate surface area is 114 Å². The van der Waals surface area contributed by atoms with Crippen LogP contribution in [0.3, 0.4) is 0 Å². The van der Waals surface area contributed by atoms with Gasteiger partial charge < -0.3 is 14.5 Å². The molecular weight excluding hydrogens is 238 g/mol. The van der Waals surface area contributed by atoms with Crippen LogP contribution in [0.15, 0.2) is 40.8 Å². The molecule has 19 heavy (non-hydrogen) atoms. The van der Waals surface area contributed by atoms with E-state index in [-0.39, 0.29) is 6.04 Å². The summed E-state index contributed by atoms with van der Waals surface area (Å²) in [5, 5.41) is 3.41. The molecule has 1 aromatic carbocycles. The molecule has 0 spiro atoms. The van der Waals surface area contributed by atoms with Crippen molar-refractivity contribution < 1.29 is 9.15 Å². The van der Waals surface area contributed by atoms with E-state index in [0.717, 1.165) is 36.0 Å². The largest absolute Gasteiger partial charge is 0.494 e. The van der Waals surface area contributed by atoms with E-state index in [1.807, 2.05) is 43.3 Å². The number of hydrogen-bond donors (Lipinski definition) is 1. The van der Waals surface area contributed by atoms with Crippen LogP contribution in [0.2, 0.25) is 0 Å². The molecule has 2 rings (SSSR count). The second kappa shape index (κ2) is 6.32. The first kappa shape index (κ1) is 13.5. The van der Waals surface area contributed by atoms with Gasteiger partial charge in [0.15, 0.2) is 0 Å². The summed E-state index contributed by atoms with van der Waals surface area (Å²) >= 11 is 0. The van der Waals surface area contributed by atoms with Crippen LogP contribution in [0.5, 0.6) is 5.75 Å². The highest BCUT2D eigenvalue weighted by atomic mass is 16.5. The van der Waals surface area contributed by atoms with E-state index in [1.54, 1.807) is 0 Å². The van der Waals surface area contributed by atoms with Gasteiger partial charge in [0, 0.05) is 11.8 Å². The number of furan rings is 1. The first-order valence-electron chi connectivity index (χ1n) is 6.74. The molecule has 3 heteroatoms. The molecule has 0 amide bonds. The van der Waals surface area contributed by atoms with Gasteiger partial charge in [0.2, 0.25) is 0 Å². The molecule has 0 saturated heterocycles. The SMILES string of the molecule is CCCOc1cccc(NC(C)c2ccc(C)o2)c1. The first-order valence-corrected chi connectivity index (χ1v) is 6.74. The fourth-order valence-electron chi connectivity index (χ4n) is 1.90. The minimum Gasteiger partial charge on any atom is -0.494 e. The molecule has 1 heterocycles. The maximum absolute atomic E-state index is 5.62. The molecular formula is C16H21NO2. The van der Waals surface area contributed by atoms with Crippen LogP contribution in [0.25, 0.3) is 0 Å². The molecule has 0 aliphatic carbocycles. The predicted octanol–water partition coefficient (Wildman–Crippen LogP) is 4.55. The Balaban J connectivity index is 2.02. The van der Waals surface area contributed by atoms with Gasteiger partial charge >= 0.3 is 0 Å². The lowest BCUT2D eigenvalue weighted by Crippen LogP contribution is -2.05. The van der Waals surface area contributed by atoms with Gasteiger partial charge in [-0.15, -0.1) is 0 Å². The molecule has 0 fully saturated rings. The molecule has 0 aliphatic heterocycles. The van der Waals surface area contributed by atoms with Crippen molar-refractivity contribution in [2.24, 2.45) is 0 Å². The van der Waals surface area contributed by atoms with Crippen molar-refractivity contribution >= 4 is 5.69 Å². The molecule has 0 radical (unpaired) electrons. The highest BCUT2D eigenvalue weighted by Gasteiger charge is 2.09. The van der Waals surface area contributed by atoms with Crippen molar-refractivity contribution in [2.75, 3.05) is 11.9 Å². The van der Waals surface area contributed by atoms with E-state index in [4.69, 9.17) is 9.15 Å². The zero-order valence-electron chi connectivity index (χ0n) is 11.8. The average molecular weight is 259 g/mol. The van der Waals surface area contributed by atoms with Crippen molar-refractivity contribution in [2.45, 2.75) is 33.2 Å². The minimum absolute atomic E-state index is 0.134. The van der Waals surface area contributed by atoms with Crippen LogP contribution in [0, 0.1) is 6.92 Å². The van der Waals surface area contributed by atoms with E-state index < -0.39 is 0 Å². The highest BCUT2D eigenvalue weighted by Crippen LogP contribution is 2.24. The molecule has 1 atom stereocenters. The van der Waals surface area contributed by atoms with Gasteiger partial charge in [-0.25, -0.2) is 0 Å². The average Bonchev–Trinajstić information content (AvgIpc) is 2.83. The standard InChI is InChI=1S/C16H21NO2/c1-4-10-18-15-7-5-6-14(11-15)17-13(3)16-9-8-12(2)19-16/h5-9,11,13,17H,4,10H2,1-3H3. The number of hydrogen-bond acceptors (Lipinski definition) is 3. The minimum atomic E-state index is 0.134. The Morgan fingerprint density at radius 2 is 2.11 bits per heavy atom. The monoisotopic (exact) mass is 259 g/mol. The predicted molar refractivity (Wildman–Crippen MR) is 77.7 cm³/mol. The number of rotatable bonds is 6. The lowest BCUT2D eigenvalue weighted by molar-refractivity contribution is 0.317. The maximum Gasteiger partial charge on any atom is 0.126 e. The van der Waals surface area contributed by atoms with Gasteiger partial charge in [-0.2, -0.15) is 0 Å². The molecule has 1 aromatic heterocycles. The summed E-state index contributed by atoms with van der Waals surface area (Å²) < 4.78 is 11.2. The van der Waals surface area contributed by atoms with E-state index >= 15 is 0 Å². The topological polar surface area (TPSA) is 34.4 Å². The third-order valence-electron chi connectivity index (χ3n) is 2.88. The summed E-state index contributed by atoms with van der Waals surface area (Å²) in [6, 6.07) is 12.1. The second-order valence-corrected chi connectivity index (χ2v) is 4.69. The molecule has 1 N–H and O–H groups in total. The fourth-order valence-corrected chi connectivity index (χ4v) is 1.90. The van der Waals surface area contributed by atoms with Crippen LogP contribution < -0.4 is 10.1 Å². The zero-order valence-corrected chi connectivity index (χ0v) is 11.8. The lowest BCUT2D eigenvalue weighted by atomic mass is 10.2. The number of nitrogens with one attached hydrogen (secondary N) is 1. The van der Waals surface area contributed by atoms with Crippen molar-refractivity contribution in [3.05, 3.63) is 47.9 Å². The van der Waals surface area contributed by atoms with Gasteiger partial charge in [0.25, 0.3) is 0 Å². The third kappa shape index (κ3) is 3.78. The van der Waals surface area contributed by atoms with Gasteiger partial charge in [0.1, 0.15) is 17.3 Å². The molecule has 0 saturated carbocycles. The van der Waals surface area contributed by atoms with Crippen LogP contribution in [0.4, 0.5) is 5.69 Å². The van der Waals surface area contributed by atoms with Crippen molar-refractivity contribution in [3.8, 4) is 5.75 Å². The lowest BCUT2D eigenvalue weighted by Gasteiger charge is -2.14. The van der Waals surface area contributed by atoms with Gasteiger partial charge in [-0.05, 0) is 44.5 Å². The number of anilines is 1. The zero-order chi connectivity index (χ0) is 13.7. The second-order valence-electron chi connectivity index (χ2n) is 4.69. The Bertz CT molecular complexity index is 519. The summed E-state index contributed by atoms with van der Waals surface area (Å²) in [6.07, 6.45) is 1.01. The maximum atomic E-state index is 5.62. The highest BCUT2D eigenvalue weighted by molar-refractivity contribution is 5.49. The van der Waals surface area contributed by atoms with Crippen molar-refractivity contribution in [1.82, 2.24) is 0 Å². The number of benzene rings is 1. The Morgan fingerprint density at radius 1 is 1.26 bits per heavy atom. The van der Waals surface area contributed by atoms with Crippen molar-refractivity contribution in [3.63, 3.8) is 0 Å². The molecule has 3 nitrogen and oxygen atoms in total. The Hall–Kier alpha value is -1.90. The third-order valence-corrected chi connectivity index (χ3v) is 2.88. The fraction of sp³-hybridized carbons (Fsp3) is 0.375. The quantitative estimate of drug-likeness (QED) is 0.826. The summed E-state index contributed by atoms with van der Waals surface area (Å²) in [5.74, 6) is 2.77. The van der Waals surface area contributed by atoms with Gasteiger partial charge in [-0.3, -0.25) is 0 Å². The van der Waals surface area contributed by atoms with Crippen molar-refractivity contribution in [1.29, 1.82) is 0 Å². The van der Waals surface area contributed by atoms with Crippen LogP contribution in [0.1, 0.15) is 37.8 Å². The summed E-state index contributed by atoms with van der Waals surface area (Å²) in [4.78, 5) is 0. The summed E-state index contributed by atoms with van der Waals surface area (Å²) in [6.45, 7) is 6.88. The number of ether oxygens (including phenoxy) is 1. The Kier molecular flexibility index (Phi) is 4.50. The van der Waals surface area contributed by atoms with Gasteiger partial charge in [0.05, 0.1) is 12.6 Å². The van der Waals surface area contributed by atoms with Crippen LogP contribution in [-0.4, -0.2) is 6.61 Å². The molecule has 102 valence electrons. The molecule has 0 bridgehead atoms.